The van der Waals surface area contributed by atoms with E-state index in [1.807, 2.05) is 86.4 Å². The van der Waals surface area contributed by atoms with Crippen molar-refractivity contribution in [3.05, 3.63) is 99.0 Å². The van der Waals surface area contributed by atoms with Gasteiger partial charge in [0.1, 0.15) is 11.5 Å². The molecule has 3 aromatic carbocycles. The molecule has 3 heterocycles. The molecule has 38 heavy (non-hydrogen) atoms. The van der Waals surface area contributed by atoms with E-state index in [1.165, 1.54) is 0 Å². The molecule has 3 aliphatic heterocycles. The first-order chi connectivity index (χ1) is 18.0. The van der Waals surface area contributed by atoms with Crippen LogP contribution in [0.2, 0.25) is 5.02 Å². The first-order valence-electron chi connectivity index (χ1n) is 12.6. The Hall–Kier alpha value is -3.22. The SMILES string of the molecule is CC(C)(C)C(=O)[C@@H]1[C@H](C(=O)c2ccc(Br)cc2)[C@@]2(C(=O)Nc3ccccc32)[C@H]2C=Cc3cc(Cl)ccc3N12. The van der Waals surface area contributed by atoms with Crippen LogP contribution in [0.25, 0.3) is 6.08 Å². The highest BCUT2D eigenvalue weighted by molar-refractivity contribution is 9.10. The third-order valence-corrected chi connectivity index (χ3v) is 8.78. The van der Waals surface area contributed by atoms with E-state index >= 15 is 0 Å². The van der Waals surface area contributed by atoms with Crippen molar-refractivity contribution < 1.29 is 14.4 Å². The van der Waals surface area contributed by atoms with Crippen LogP contribution in [0.5, 0.6) is 0 Å². The maximum atomic E-state index is 14.6. The fourth-order valence-corrected chi connectivity index (χ4v) is 6.83. The average Bonchev–Trinajstić information content (AvgIpc) is 3.35. The van der Waals surface area contributed by atoms with Gasteiger partial charge in [-0.2, -0.15) is 0 Å². The van der Waals surface area contributed by atoms with Crippen LogP contribution in [0.3, 0.4) is 0 Å². The number of fused-ring (bicyclic) bond motifs is 6. The summed E-state index contributed by atoms with van der Waals surface area (Å²) in [5, 5.41) is 3.62. The second kappa shape index (κ2) is 8.65. The van der Waals surface area contributed by atoms with Crippen LogP contribution in [-0.2, 0) is 15.0 Å². The zero-order valence-electron chi connectivity index (χ0n) is 21.2. The van der Waals surface area contributed by atoms with Gasteiger partial charge in [0.2, 0.25) is 5.91 Å². The summed E-state index contributed by atoms with van der Waals surface area (Å²) >= 11 is 9.78. The molecule has 4 atom stereocenters. The van der Waals surface area contributed by atoms with Gasteiger partial charge in [-0.15, -0.1) is 0 Å². The van der Waals surface area contributed by atoms with Crippen LogP contribution >= 0.6 is 27.5 Å². The predicted molar refractivity (Wildman–Crippen MR) is 154 cm³/mol. The topological polar surface area (TPSA) is 66.5 Å². The van der Waals surface area contributed by atoms with Gasteiger partial charge < -0.3 is 10.2 Å². The maximum absolute atomic E-state index is 14.6. The molecule has 0 radical (unpaired) electrons. The lowest BCUT2D eigenvalue weighted by molar-refractivity contribution is -0.128. The molecule has 7 heteroatoms. The molecular weight excluding hydrogens is 564 g/mol. The number of halogens is 2. The van der Waals surface area contributed by atoms with Crippen LogP contribution in [0.15, 0.2) is 77.3 Å². The molecule has 1 amide bonds. The predicted octanol–water partition coefficient (Wildman–Crippen LogP) is 6.69. The number of para-hydroxylation sites is 1. The summed E-state index contributed by atoms with van der Waals surface area (Å²) in [4.78, 5) is 45.2. The number of nitrogens with one attached hydrogen (secondary N) is 1. The van der Waals surface area contributed by atoms with Crippen LogP contribution in [-0.4, -0.2) is 29.6 Å². The molecule has 0 bridgehead atoms. The van der Waals surface area contributed by atoms with E-state index in [-0.39, 0.29) is 17.5 Å². The number of anilines is 2. The molecule has 0 saturated carbocycles. The van der Waals surface area contributed by atoms with Crippen molar-refractivity contribution in [2.24, 2.45) is 11.3 Å². The second-order valence-corrected chi connectivity index (χ2v) is 12.5. The summed E-state index contributed by atoms with van der Waals surface area (Å²) in [6, 6.07) is 18.7. The molecule has 0 unspecified atom stereocenters. The Bertz CT molecular complexity index is 1540. The normalized spacial score (nSPS) is 25.1. The first kappa shape index (κ1) is 25.1. The number of amides is 1. The van der Waals surface area contributed by atoms with Crippen LogP contribution in [0.4, 0.5) is 11.4 Å². The lowest BCUT2D eigenvalue weighted by Gasteiger charge is -2.38. The number of Topliss-reactive ketones (excluding diaryl/α,β-unsaturated/α-hetero) is 2. The summed E-state index contributed by atoms with van der Waals surface area (Å²) < 4.78 is 0.840. The third kappa shape index (κ3) is 3.46. The summed E-state index contributed by atoms with van der Waals surface area (Å²) in [6.45, 7) is 5.59. The van der Waals surface area contributed by atoms with Gasteiger partial charge in [0.25, 0.3) is 0 Å². The Labute approximate surface area is 235 Å². The van der Waals surface area contributed by atoms with Crippen molar-refractivity contribution in [1.82, 2.24) is 0 Å². The zero-order chi connectivity index (χ0) is 27.0. The molecule has 192 valence electrons. The highest BCUT2D eigenvalue weighted by atomic mass is 79.9. The van der Waals surface area contributed by atoms with Gasteiger partial charge in [-0.05, 0) is 47.5 Å². The second-order valence-electron chi connectivity index (χ2n) is 11.2. The minimum atomic E-state index is -1.31. The number of hydrogen-bond acceptors (Lipinski definition) is 4. The quantitative estimate of drug-likeness (QED) is 0.346. The van der Waals surface area contributed by atoms with Gasteiger partial charge in [0, 0.05) is 31.8 Å². The molecule has 3 aromatic rings. The maximum Gasteiger partial charge on any atom is 0.238 e. The summed E-state index contributed by atoms with van der Waals surface area (Å²) in [5.41, 5.74) is 1.43. The third-order valence-electron chi connectivity index (χ3n) is 8.01. The number of carbonyl (C=O) groups excluding carboxylic acids is 3. The Balaban J connectivity index is 1.68. The van der Waals surface area contributed by atoms with Gasteiger partial charge in [-0.3, -0.25) is 14.4 Å². The van der Waals surface area contributed by atoms with Crippen molar-refractivity contribution >= 4 is 62.5 Å². The van der Waals surface area contributed by atoms with Crippen molar-refractivity contribution in [1.29, 1.82) is 0 Å². The Morgan fingerprint density at radius 1 is 1.03 bits per heavy atom. The highest BCUT2D eigenvalue weighted by Gasteiger charge is 2.70. The van der Waals surface area contributed by atoms with Gasteiger partial charge in [-0.1, -0.05) is 90.8 Å². The summed E-state index contributed by atoms with van der Waals surface area (Å²) in [7, 11) is 0. The standard InChI is InChI=1S/C31H26BrClN2O3/c1-30(2,3)28(37)26-25(27(36)17-8-11-19(32)12-9-17)31(21-6-4-5-7-22(21)34-29(31)38)24-15-10-18-16-20(33)13-14-23(18)35(24)26/h4-16,24-26H,1-3H3,(H,34,38)/t24-,25-,26+,31+/m1/s1. The van der Waals surface area contributed by atoms with E-state index in [4.69, 9.17) is 11.6 Å². The smallest absolute Gasteiger partial charge is 0.238 e. The number of carbonyl (C=O) groups is 3. The first-order valence-corrected chi connectivity index (χ1v) is 13.7. The van der Waals surface area contributed by atoms with Crippen molar-refractivity contribution in [2.75, 3.05) is 10.2 Å². The van der Waals surface area contributed by atoms with Crippen molar-refractivity contribution in [3.63, 3.8) is 0 Å². The molecule has 0 aliphatic carbocycles. The van der Waals surface area contributed by atoms with E-state index in [0.29, 0.717) is 16.3 Å². The van der Waals surface area contributed by atoms with Gasteiger partial charge in [0.15, 0.2) is 11.6 Å². The highest BCUT2D eigenvalue weighted by Crippen LogP contribution is 2.58. The van der Waals surface area contributed by atoms with Gasteiger partial charge >= 0.3 is 0 Å². The molecule has 1 fully saturated rings. The molecule has 3 aliphatic rings. The lowest BCUT2D eigenvalue weighted by atomic mass is 9.63. The Morgan fingerprint density at radius 2 is 1.74 bits per heavy atom. The number of hydrogen-bond donors (Lipinski definition) is 1. The molecule has 0 aromatic heterocycles. The molecule has 5 nitrogen and oxygen atoms in total. The number of rotatable bonds is 3. The Morgan fingerprint density at radius 3 is 2.45 bits per heavy atom. The number of benzene rings is 3. The Kier molecular flexibility index (Phi) is 5.71. The van der Waals surface area contributed by atoms with Crippen LogP contribution < -0.4 is 10.2 Å². The molecule has 1 N–H and O–H groups in total. The molecule has 1 saturated heterocycles. The van der Waals surface area contributed by atoms with Crippen LogP contribution in [0.1, 0.15) is 42.3 Å². The van der Waals surface area contributed by atoms with Crippen molar-refractivity contribution in [3.8, 4) is 0 Å². The van der Waals surface area contributed by atoms with Crippen molar-refractivity contribution in [2.45, 2.75) is 38.3 Å². The molecular formula is C31H26BrClN2O3. The average molecular weight is 590 g/mol. The fraction of sp³-hybridized carbons (Fsp3) is 0.258. The monoisotopic (exact) mass is 588 g/mol. The number of ketones is 2. The fourth-order valence-electron chi connectivity index (χ4n) is 6.39. The minimum Gasteiger partial charge on any atom is -0.352 e. The summed E-state index contributed by atoms with van der Waals surface area (Å²) in [5.74, 6) is -1.56. The number of nitrogens with zero attached hydrogens (tertiary/aromatic N) is 1. The minimum absolute atomic E-state index is 0.0942. The lowest BCUT2D eigenvalue weighted by Crippen LogP contribution is -2.51. The van der Waals surface area contributed by atoms with E-state index in [9.17, 15) is 14.4 Å². The van der Waals surface area contributed by atoms with Gasteiger partial charge in [-0.25, -0.2) is 0 Å². The zero-order valence-corrected chi connectivity index (χ0v) is 23.5. The van der Waals surface area contributed by atoms with E-state index < -0.39 is 28.8 Å². The summed E-state index contributed by atoms with van der Waals surface area (Å²) in [6.07, 6.45) is 3.90. The van der Waals surface area contributed by atoms with E-state index in [0.717, 1.165) is 21.3 Å². The van der Waals surface area contributed by atoms with Gasteiger partial charge in [0.05, 0.1) is 12.0 Å². The van der Waals surface area contributed by atoms with Crippen LogP contribution in [0, 0.1) is 11.3 Å². The van der Waals surface area contributed by atoms with E-state index in [1.54, 1.807) is 18.2 Å². The van der Waals surface area contributed by atoms with E-state index in [2.05, 4.69) is 21.2 Å². The molecule has 1 spiro atoms. The molecule has 6 rings (SSSR count). The largest absolute Gasteiger partial charge is 0.352 e.